The average Bonchev–Trinajstić information content (AvgIpc) is 2.97. The molecule has 1 aliphatic carbocycles. The van der Waals surface area contributed by atoms with Crippen LogP contribution in [0.4, 0.5) is 5.82 Å². The van der Waals surface area contributed by atoms with E-state index in [0.29, 0.717) is 5.56 Å². The molecule has 1 N–H and O–H groups in total. The average molecular weight is 431 g/mol. The number of amides is 2. The van der Waals surface area contributed by atoms with Crippen molar-refractivity contribution in [2.45, 2.75) is 52.0 Å². The van der Waals surface area contributed by atoms with Crippen LogP contribution in [-0.4, -0.2) is 34.4 Å². The molecule has 2 aromatic heterocycles. The lowest BCUT2D eigenvalue weighted by Gasteiger charge is -2.37. The van der Waals surface area contributed by atoms with Crippen LogP contribution in [0.2, 0.25) is 0 Å². The van der Waals surface area contributed by atoms with Gasteiger partial charge in [-0.3, -0.25) is 19.5 Å². The van der Waals surface area contributed by atoms with E-state index >= 15 is 0 Å². The van der Waals surface area contributed by atoms with E-state index in [-0.39, 0.29) is 29.1 Å². The van der Waals surface area contributed by atoms with E-state index in [4.69, 9.17) is 4.98 Å². The molecule has 0 aromatic carbocycles. The topological polar surface area (TPSA) is 75.2 Å². The first kappa shape index (κ1) is 21.9. The van der Waals surface area contributed by atoms with Crippen molar-refractivity contribution >= 4 is 17.6 Å². The van der Waals surface area contributed by atoms with Crippen LogP contribution < -0.4 is 10.2 Å². The second-order valence-electron chi connectivity index (χ2n) is 9.84. The van der Waals surface area contributed by atoms with Crippen molar-refractivity contribution in [2.24, 2.45) is 5.41 Å². The van der Waals surface area contributed by atoms with E-state index in [2.05, 4.69) is 42.4 Å². The maximum atomic E-state index is 12.8. The maximum Gasteiger partial charge on any atom is 0.253 e. The summed E-state index contributed by atoms with van der Waals surface area (Å²) in [5.74, 6) is 0.487. The van der Waals surface area contributed by atoms with Crippen LogP contribution in [0.15, 0.2) is 60.5 Å². The second-order valence-corrected chi connectivity index (χ2v) is 9.84. The van der Waals surface area contributed by atoms with Crippen LogP contribution in [0, 0.1) is 5.41 Å². The number of carbonyl (C=O) groups excluding carboxylic acids is 2. The largest absolute Gasteiger partial charge is 0.343 e. The molecule has 1 aliphatic heterocycles. The number of hydrogen-bond donors (Lipinski definition) is 1. The van der Waals surface area contributed by atoms with E-state index < -0.39 is 5.54 Å². The zero-order valence-electron chi connectivity index (χ0n) is 19.5. The summed E-state index contributed by atoms with van der Waals surface area (Å²) in [7, 11) is 1.78. The first-order valence-electron chi connectivity index (χ1n) is 10.9. The Balaban J connectivity index is 1.66. The quantitative estimate of drug-likeness (QED) is 0.782. The molecular weight excluding hydrogens is 400 g/mol. The molecular formula is C26H30N4O2. The van der Waals surface area contributed by atoms with Crippen LogP contribution >= 0.6 is 0 Å². The number of pyridine rings is 2. The highest BCUT2D eigenvalue weighted by Crippen LogP contribution is 2.44. The molecule has 2 atom stereocenters. The third kappa shape index (κ3) is 3.74. The Morgan fingerprint density at radius 1 is 1.22 bits per heavy atom. The van der Waals surface area contributed by atoms with Gasteiger partial charge in [-0.25, -0.2) is 4.98 Å². The lowest BCUT2D eigenvalue weighted by atomic mass is 9.70. The number of nitrogens with one attached hydrogen (secondary N) is 1. The van der Waals surface area contributed by atoms with E-state index in [9.17, 15) is 9.59 Å². The summed E-state index contributed by atoms with van der Waals surface area (Å²) in [6.07, 6.45) is 9.67. The molecule has 0 radical (unpaired) electrons. The summed E-state index contributed by atoms with van der Waals surface area (Å²) in [6.45, 7) is 10.3. The van der Waals surface area contributed by atoms with Crippen molar-refractivity contribution in [2.75, 3.05) is 11.9 Å². The van der Waals surface area contributed by atoms with Gasteiger partial charge in [0.25, 0.3) is 5.91 Å². The number of anilines is 1. The number of fused-ring (bicyclic) bond motifs is 1. The molecule has 0 saturated heterocycles. The van der Waals surface area contributed by atoms with Gasteiger partial charge in [-0.1, -0.05) is 38.1 Å². The molecule has 6 nitrogen and oxygen atoms in total. The third-order valence-electron chi connectivity index (χ3n) is 6.64. The lowest BCUT2D eigenvalue weighted by Crippen LogP contribution is -2.45. The first-order chi connectivity index (χ1) is 15.0. The number of rotatable bonds is 4. The molecule has 2 aromatic rings. The summed E-state index contributed by atoms with van der Waals surface area (Å²) in [6, 6.07) is 7.56. The summed E-state index contributed by atoms with van der Waals surface area (Å²) in [4.78, 5) is 35.8. The molecule has 2 amide bonds. The fraction of sp³-hybridized carbons (Fsp3) is 0.385. The SMILES string of the molecule is CC1C(=O)N(C)c2nc(C3C=C(C(C)(C)NC(=O)c4cccnc4)C=CC3(C)C)ccc21. The van der Waals surface area contributed by atoms with Crippen LogP contribution in [0.3, 0.4) is 0 Å². The fourth-order valence-corrected chi connectivity index (χ4v) is 4.45. The van der Waals surface area contributed by atoms with Gasteiger partial charge in [0, 0.05) is 30.9 Å². The smallest absolute Gasteiger partial charge is 0.253 e. The molecule has 0 saturated carbocycles. The monoisotopic (exact) mass is 430 g/mol. The number of allylic oxidation sites excluding steroid dienone is 2. The van der Waals surface area contributed by atoms with E-state index in [1.54, 1.807) is 36.5 Å². The predicted molar refractivity (Wildman–Crippen MR) is 126 cm³/mol. The van der Waals surface area contributed by atoms with Gasteiger partial charge in [-0.15, -0.1) is 0 Å². The van der Waals surface area contributed by atoms with Crippen molar-refractivity contribution in [1.82, 2.24) is 15.3 Å². The van der Waals surface area contributed by atoms with Gasteiger partial charge in [0.15, 0.2) is 0 Å². The predicted octanol–water partition coefficient (Wildman–Crippen LogP) is 4.37. The minimum Gasteiger partial charge on any atom is -0.343 e. The fourth-order valence-electron chi connectivity index (χ4n) is 4.45. The summed E-state index contributed by atoms with van der Waals surface area (Å²) in [5.41, 5.74) is 2.67. The molecule has 3 heterocycles. The van der Waals surface area contributed by atoms with Crippen molar-refractivity contribution in [3.63, 3.8) is 0 Å². The number of hydrogen-bond acceptors (Lipinski definition) is 4. The van der Waals surface area contributed by atoms with Crippen LogP contribution in [0.25, 0.3) is 0 Å². The van der Waals surface area contributed by atoms with Crippen molar-refractivity contribution in [1.29, 1.82) is 0 Å². The molecule has 0 fully saturated rings. The Hall–Kier alpha value is -3.28. The minimum atomic E-state index is -0.587. The Morgan fingerprint density at radius 2 is 1.97 bits per heavy atom. The highest BCUT2D eigenvalue weighted by atomic mass is 16.2. The number of carbonyl (C=O) groups is 2. The Morgan fingerprint density at radius 3 is 2.66 bits per heavy atom. The number of aromatic nitrogens is 2. The first-order valence-corrected chi connectivity index (χ1v) is 10.9. The van der Waals surface area contributed by atoms with Gasteiger partial charge in [-0.05, 0) is 50.0 Å². The molecule has 2 unspecified atom stereocenters. The summed E-state index contributed by atoms with van der Waals surface area (Å²) >= 11 is 0. The lowest BCUT2D eigenvalue weighted by molar-refractivity contribution is -0.118. The van der Waals surface area contributed by atoms with Gasteiger partial charge in [0.2, 0.25) is 5.91 Å². The highest BCUT2D eigenvalue weighted by molar-refractivity contribution is 6.03. The van der Waals surface area contributed by atoms with E-state index in [1.807, 2.05) is 32.9 Å². The second kappa shape index (κ2) is 7.69. The maximum absolute atomic E-state index is 12.8. The third-order valence-corrected chi connectivity index (χ3v) is 6.64. The Labute approximate surface area is 189 Å². The molecule has 6 heteroatoms. The molecule has 0 spiro atoms. The normalized spacial score (nSPS) is 21.9. The van der Waals surface area contributed by atoms with Gasteiger partial charge >= 0.3 is 0 Å². The zero-order valence-corrected chi connectivity index (χ0v) is 19.5. The van der Waals surface area contributed by atoms with Gasteiger partial charge in [0.05, 0.1) is 22.7 Å². The van der Waals surface area contributed by atoms with E-state index in [1.165, 1.54) is 0 Å². The molecule has 32 heavy (non-hydrogen) atoms. The van der Waals surface area contributed by atoms with Crippen molar-refractivity contribution in [3.8, 4) is 0 Å². The van der Waals surface area contributed by atoms with Gasteiger partial charge in [-0.2, -0.15) is 0 Å². The Kier molecular flexibility index (Phi) is 5.27. The summed E-state index contributed by atoms with van der Waals surface area (Å²) in [5, 5.41) is 3.13. The van der Waals surface area contributed by atoms with Crippen molar-refractivity contribution in [3.05, 3.63) is 77.3 Å². The molecule has 166 valence electrons. The molecule has 4 rings (SSSR count). The van der Waals surface area contributed by atoms with Crippen LogP contribution in [-0.2, 0) is 4.79 Å². The van der Waals surface area contributed by atoms with Crippen molar-refractivity contribution < 1.29 is 9.59 Å². The van der Waals surface area contributed by atoms with Gasteiger partial charge in [0.1, 0.15) is 5.82 Å². The number of nitrogens with zero attached hydrogens (tertiary/aromatic N) is 3. The molecule has 2 aliphatic rings. The van der Waals surface area contributed by atoms with Crippen LogP contribution in [0.5, 0.6) is 0 Å². The summed E-state index contributed by atoms with van der Waals surface area (Å²) < 4.78 is 0. The Bertz CT molecular complexity index is 1130. The zero-order chi connectivity index (χ0) is 23.3. The van der Waals surface area contributed by atoms with E-state index in [0.717, 1.165) is 22.6 Å². The van der Waals surface area contributed by atoms with Gasteiger partial charge < -0.3 is 5.32 Å². The standard InChI is InChI=1S/C26H30N4O2/c1-16-19-9-10-21(28-22(19)30(6)24(16)32)20-14-18(11-12-25(20,2)3)26(4,5)29-23(31)17-8-7-13-27-15-17/h7-16,20H,1-6H3,(H,29,31). The molecule has 0 bridgehead atoms. The minimum absolute atomic E-state index is 0.00165. The number of likely N-dealkylation sites (N-methyl/N-ethyl adjacent to an activating group) is 1. The highest BCUT2D eigenvalue weighted by Gasteiger charge is 2.38. The van der Waals surface area contributed by atoms with Crippen LogP contribution in [0.1, 0.15) is 68.1 Å².